The molecule has 134 valence electrons. The maximum atomic E-state index is 12.8. The van der Waals surface area contributed by atoms with Gasteiger partial charge in [0.2, 0.25) is 0 Å². The third-order valence-electron chi connectivity index (χ3n) is 4.08. The molecule has 7 nitrogen and oxygen atoms in total. The molecule has 0 fully saturated rings. The SMILES string of the molecule is Cc1c(C(N)=O)sc2ncn(C(C)C(=O)OCc3ccccc3)c(=O)c12. The van der Waals surface area contributed by atoms with Crippen LogP contribution in [0.4, 0.5) is 0 Å². The lowest BCUT2D eigenvalue weighted by Gasteiger charge is -2.14. The summed E-state index contributed by atoms with van der Waals surface area (Å²) >= 11 is 1.07. The highest BCUT2D eigenvalue weighted by Crippen LogP contribution is 2.26. The van der Waals surface area contributed by atoms with Crippen molar-refractivity contribution in [3.05, 3.63) is 63.0 Å². The van der Waals surface area contributed by atoms with Crippen molar-refractivity contribution in [2.45, 2.75) is 26.5 Å². The lowest BCUT2D eigenvalue weighted by atomic mass is 10.2. The van der Waals surface area contributed by atoms with Gasteiger partial charge >= 0.3 is 5.97 Å². The normalized spacial score (nSPS) is 12.1. The average Bonchev–Trinajstić information content (AvgIpc) is 2.98. The zero-order valence-electron chi connectivity index (χ0n) is 14.3. The fraction of sp³-hybridized carbons (Fsp3) is 0.222. The number of esters is 1. The van der Waals surface area contributed by atoms with Gasteiger partial charge in [0.15, 0.2) is 0 Å². The van der Waals surface area contributed by atoms with E-state index in [9.17, 15) is 14.4 Å². The lowest BCUT2D eigenvalue weighted by Crippen LogP contribution is -2.29. The van der Waals surface area contributed by atoms with Crippen LogP contribution in [0, 0.1) is 6.92 Å². The molecule has 26 heavy (non-hydrogen) atoms. The second-order valence-electron chi connectivity index (χ2n) is 5.83. The molecule has 3 aromatic rings. The first kappa shape index (κ1) is 17.8. The highest BCUT2D eigenvalue weighted by molar-refractivity contribution is 7.20. The van der Waals surface area contributed by atoms with Gasteiger partial charge in [-0.05, 0) is 25.0 Å². The van der Waals surface area contributed by atoms with Crippen LogP contribution in [0.5, 0.6) is 0 Å². The third-order valence-corrected chi connectivity index (χ3v) is 5.30. The topological polar surface area (TPSA) is 104 Å². The Hall–Kier alpha value is -3.00. The first-order chi connectivity index (χ1) is 12.4. The number of primary amides is 1. The smallest absolute Gasteiger partial charge is 0.329 e. The van der Waals surface area contributed by atoms with Crippen LogP contribution in [-0.4, -0.2) is 21.4 Å². The van der Waals surface area contributed by atoms with E-state index in [1.54, 1.807) is 13.8 Å². The number of nitrogens with zero attached hydrogens (tertiary/aromatic N) is 2. The molecule has 0 bridgehead atoms. The van der Waals surface area contributed by atoms with Crippen LogP contribution < -0.4 is 11.3 Å². The number of benzene rings is 1. The number of nitrogens with two attached hydrogens (primary N) is 1. The van der Waals surface area contributed by atoms with Crippen LogP contribution in [-0.2, 0) is 16.1 Å². The summed E-state index contributed by atoms with van der Waals surface area (Å²) in [5.74, 6) is -1.15. The molecule has 1 atom stereocenters. The minimum Gasteiger partial charge on any atom is -0.459 e. The molecule has 0 spiro atoms. The molecule has 1 aromatic carbocycles. The van der Waals surface area contributed by atoms with Gasteiger partial charge in [-0.15, -0.1) is 11.3 Å². The van der Waals surface area contributed by atoms with Gasteiger partial charge in [0.25, 0.3) is 11.5 Å². The number of carbonyl (C=O) groups excluding carboxylic acids is 2. The standard InChI is InChI=1S/C18H17N3O4S/c1-10-13-16(26-14(10)15(19)22)20-9-21(17(13)23)11(2)18(24)25-8-12-6-4-3-5-7-12/h3-7,9,11H,8H2,1-2H3,(H2,19,22). The molecule has 0 aliphatic rings. The summed E-state index contributed by atoms with van der Waals surface area (Å²) in [5, 5.41) is 0.300. The molecule has 0 aliphatic carbocycles. The van der Waals surface area contributed by atoms with Gasteiger partial charge in [0.05, 0.1) is 16.6 Å². The summed E-state index contributed by atoms with van der Waals surface area (Å²) in [7, 11) is 0. The second kappa shape index (κ2) is 7.09. The number of ether oxygens (including phenoxy) is 1. The zero-order valence-corrected chi connectivity index (χ0v) is 15.1. The van der Waals surface area contributed by atoms with Gasteiger partial charge in [0.1, 0.15) is 17.5 Å². The van der Waals surface area contributed by atoms with Gasteiger partial charge in [-0.1, -0.05) is 30.3 Å². The number of carbonyl (C=O) groups is 2. The summed E-state index contributed by atoms with van der Waals surface area (Å²) in [4.78, 5) is 41.5. The van der Waals surface area contributed by atoms with Crippen LogP contribution in [0.2, 0.25) is 0 Å². The van der Waals surface area contributed by atoms with Crippen molar-refractivity contribution in [2.24, 2.45) is 5.73 Å². The number of fused-ring (bicyclic) bond motifs is 1. The molecule has 0 radical (unpaired) electrons. The molecule has 0 saturated heterocycles. The Bertz CT molecular complexity index is 1040. The zero-order chi connectivity index (χ0) is 18.8. The predicted octanol–water partition coefficient (Wildman–Crippen LogP) is 2.17. The van der Waals surface area contributed by atoms with E-state index in [-0.39, 0.29) is 6.61 Å². The van der Waals surface area contributed by atoms with E-state index in [0.29, 0.717) is 20.7 Å². The van der Waals surface area contributed by atoms with E-state index in [0.717, 1.165) is 16.9 Å². The number of thiophene rings is 1. The molecule has 1 unspecified atom stereocenters. The largest absolute Gasteiger partial charge is 0.459 e. The molecule has 1 amide bonds. The highest BCUT2D eigenvalue weighted by atomic mass is 32.1. The number of amides is 1. The third kappa shape index (κ3) is 3.23. The Labute approximate surface area is 153 Å². The molecule has 0 aliphatic heterocycles. The van der Waals surface area contributed by atoms with Crippen molar-refractivity contribution in [2.75, 3.05) is 0 Å². The maximum absolute atomic E-state index is 12.8. The Morgan fingerprint density at radius 1 is 1.31 bits per heavy atom. The van der Waals surface area contributed by atoms with Crippen molar-refractivity contribution in [1.29, 1.82) is 0 Å². The fourth-order valence-electron chi connectivity index (χ4n) is 2.61. The van der Waals surface area contributed by atoms with E-state index in [4.69, 9.17) is 10.5 Å². The molecule has 0 saturated carbocycles. The van der Waals surface area contributed by atoms with Gasteiger partial charge < -0.3 is 10.5 Å². The quantitative estimate of drug-likeness (QED) is 0.692. The predicted molar refractivity (Wildman–Crippen MR) is 98.1 cm³/mol. The van der Waals surface area contributed by atoms with Gasteiger partial charge in [0, 0.05) is 0 Å². The first-order valence-corrected chi connectivity index (χ1v) is 8.72. The van der Waals surface area contributed by atoms with Crippen LogP contribution in [0.15, 0.2) is 41.5 Å². The van der Waals surface area contributed by atoms with Crippen molar-refractivity contribution < 1.29 is 14.3 Å². The first-order valence-electron chi connectivity index (χ1n) is 7.90. The van der Waals surface area contributed by atoms with Crippen molar-refractivity contribution in [1.82, 2.24) is 9.55 Å². The molecular weight excluding hydrogens is 354 g/mol. The number of aromatic nitrogens is 2. The Kier molecular flexibility index (Phi) is 4.85. The average molecular weight is 371 g/mol. The Morgan fingerprint density at radius 3 is 2.65 bits per heavy atom. The highest BCUT2D eigenvalue weighted by Gasteiger charge is 2.22. The molecule has 2 heterocycles. The molecular formula is C18H17N3O4S. The number of hydrogen-bond acceptors (Lipinski definition) is 6. The summed E-state index contributed by atoms with van der Waals surface area (Å²) in [6, 6.07) is 8.42. The van der Waals surface area contributed by atoms with Crippen molar-refractivity contribution >= 4 is 33.4 Å². The summed E-state index contributed by atoms with van der Waals surface area (Å²) in [5.41, 5.74) is 6.26. The van der Waals surface area contributed by atoms with Gasteiger partial charge in [-0.3, -0.25) is 14.2 Å². The van der Waals surface area contributed by atoms with E-state index in [2.05, 4.69) is 4.98 Å². The van der Waals surface area contributed by atoms with E-state index in [1.165, 1.54) is 10.9 Å². The maximum Gasteiger partial charge on any atom is 0.329 e. The summed E-state index contributed by atoms with van der Waals surface area (Å²) in [6.45, 7) is 3.33. The number of hydrogen-bond donors (Lipinski definition) is 1. The molecule has 2 N–H and O–H groups in total. The van der Waals surface area contributed by atoms with Gasteiger partial charge in [-0.2, -0.15) is 0 Å². The van der Waals surface area contributed by atoms with Crippen molar-refractivity contribution in [3.63, 3.8) is 0 Å². The fourth-order valence-corrected chi connectivity index (χ4v) is 3.60. The minimum absolute atomic E-state index is 0.123. The van der Waals surface area contributed by atoms with E-state index >= 15 is 0 Å². The van der Waals surface area contributed by atoms with Gasteiger partial charge in [-0.25, -0.2) is 9.78 Å². The van der Waals surface area contributed by atoms with E-state index in [1.807, 2.05) is 30.3 Å². The molecule has 3 rings (SSSR count). The Balaban J connectivity index is 1.88. The molecule has 2 aromatic heterocycles. The number of rotatable bonds is 5. The minimum atomic E-state index is -0.848. The van der Waals surface area contributed by atoms with Crippen molar-refractivity contribution in [3.8, 4) is 0 Å². The Morgan fingerprint density at radius 2 is 2.00 bits per heavy atom. The van der Waals surface area contributed by atoms with E-state index < -0.39 is 23.5 Å². The molecule has 8 heteroatoms. The monoisotopic (exact) mass is 371 g/mol. The summed E-state index contributed by atoms with van der Waals surface area (Å²) < 4.78 is 6.50. The lowest BCUT2D eigenvalue weighted by molar-refractivity contribution is -0.148. The van der Waals surface area contributed by atoms with Crippen LogP contribution in [0.3, 0.4) is 0 Å². The second-order valence-corrected chi connectivity index (χ2v) is 6.83. The van der Waals surface area contributed by atoms with Crippen LogP contribution in [0.25, 0.3) is 10.2 Å². The van der Waals surface area contributed by atoms with Crippen LogP contribution >= 0.6 is 11.3 Å². The van der Waals surface area contributed by atoms with Crippen LogP contribution in [0.1, 0.15) is 33.8 Å². The number of aryl methyl sites for hydroxylation is 1. The summed E-state index contributed by atoms with van der Waals surface area (Å²) in [6.07, 6.45) is 1.29.